The van der Waals surface area contributed by atoms with Gasteiger partial charge < -0.3 is 16.0 Å². The minimum Gasteiger partial charge on any atom is -0.352 e. The zero-order valence-corrected chi connectivity index (χ0v) is 14.0. The molecular weight excluding hydrogens is 309 g/mol. The van der Waals surface area contributed by atoms with E-state index in [0.717, 1.165) is 18.4 Å². The number of halogens is 1. The molecule has 2 fully saturated rings. The maximum Gasteiger partial charge on any atom is 0.242 e. The first kappa shape index (κ1) is 16.9. The molecule has 1 heterocycles. The molecule has 24 heavy (non-hydrogen) atoms. The Balaban J connectivity index is 1.46. The Kier molecular flexibility index (Phi) is 4.58. The van der Waals surface area contributed by atoms with Gasteiger partial charge in [-0.15, -0.1) is 0 Å². The molecule has 3 N–H and O–H groups in total. The lowest BCUT2D eigenvalue weighted by Crippen LogP contribution is -2.50. The molecule has 1 saturated carbocycles. The Morgan fingerprint density at radius 3 is 2.58 bits per heavy atom. The van der Waals surface area contributed by atoms with Gasteiger partial charge in [0.25, 0.3) is 0 Å². The van der Waals surface area contributed by atoms with Gasteiger partial charge in [0.05, 0.1) is 5.54 Å². The Hall–Kier alpha value is -1.95. The number of nitrogens with two attached hydrogens (primary N) is 1. The Bertz CT molecular complexity index is 650. The fourth-order valence-corrected chi connectivity index (χ4v) is 3.09. The molecule has 5 nitrogen and oxygen atoms in total. The third-order valence-electron chi connectivity index (χ3n) is 5.07. The zero-order valence-electron chi connectivity index (χ0n) is 14.0. The molecule has 0 aromatic heterocycles. The number of likely N-dealkylation sites (tertiary alicyclic amines) is 1. The highest BCUT2D eigenvalue weighted by Crippen LogP contribution is 2.35. The van der Waals surface area contributed by atoms with Crippen LogP contribution in [0.5, 0.6) is 0 Å². The minimum atomic E-state index is -0.634. The second kappa shape index (κ2) is 6.51. The molecule has 0 atom stereocenters. The van der Waals surface area contributed by atoms with Crippen LogP contribution in [0.2, 0.25) is 0 Å². The molecule has 0 spiro atoms. The molecule has 2 amide bonds. The van der Waals surface area contributed by atoms with E-state index in [1.807, 2.05) is 6.07 Å². The molecule has 3 rings (SSSR count). The lowest BCUT2D eigenvalue weighted by atomic mass is 9.95. The summed E-state index contributed by atoms with van der Waals surface area (Å²) in [7, 11) is 0. The first-order valence-electron chi connectivity index (χ1n) is 8.50. The highest BCUT2D eigenvalue weighted by Gasteiger charge is 2.48. The van der Waals surface area contributed by atoms with Crippen LogP contribution in [0.25, 0.3) is 0 Å². The summed E-state index contributed by atoms with van der Waals surface area (Å²) in [5, 5.41) is 2.87. The predicted molar refractivity (Wildman–Crippen MR) is 88.4 cm³/mol. The van der Waals surface area contributed by atoms with Crippen LogP contribution in [0.4, 0.5) is 4.39 Å². The number of nitrogens with one attached hydrogen (secondary N) is 1. The van der Waals surface area contributed by atoms with E-state index in [0.29, 0.717) is 38.0 Å². The second-order valence-electron chi connectivity index (χ2n) is 7.02. The molecule has 130 valence electrons. The van der Waals surface area contributed by atoms with E-state index < -0.39 is 5.54 Å². The van der Waals surface area contributed by atoms with Crippen molar-refractivity contribution in [3.63, 3.8) is 0 Å². The van der Waals surface area contributed by atoms with E-state index in [4.69, 9.17) is 5.73 Å². The molecule has 0 radical (unpaired) electrons. The lowest BCUT2D eigenvalue weighted by molar-refractivity contribution is -0.137. The number of rotatable bonds is 4. The number of carbonyl (C=O) groups is 2. The average molecular weight is 333 g/mol. The van der Waals surface area contributed by atoms with Gasteiger partial charge in [0.15, 0.2) is 0 Å². The van der Waals surface area contributed by atoms with Crippen molar-refractivity contribution in [2.45, 2.75) is 44.7 Å². The molecule has 0 bridgehead atoms. The minimum absolute atomic E-state index is 0.0245. The Labute approximate surface area is 141 Å². The van der Waals surface area contributed by atoms with Crippen molar-refractivity contribution in [3.05, 3.63) is 35.1 Å². The van der Waals surface area contributed by atoms with Gasteiger partial charge in [-0.05, 0) is 49.8 Å². The molecule has 1 saturated heterocycles. The van der Waals surface area contributed by atoms with E-state index >= 15 is 0 Å². The zero-order chi connectivity index (χ0) is 17.3. The molecule has 1 aliphatic carbocycles. The second-order valence-corrected chi connectivity index (χ2v) is 7.02. The van der Waals surface area contributed by atoms with Crippen LogP contribution in [0.15, 0.2) is 18.2 Å². The van der Waals surface area contributed by atoms with Crippen molar-refractivity contribution < 1.29 is 14.0 Å². The Morgan fingerprint density at radius 2 is 2.00 bits per heavy atom. The van der Waals surface area contributed by atoms with Crippen molar-refractivity contribution in [3.8, 4) is 0 Å². The summed E-state index contributed by atoms with van der Waals surface area (Å²) in [6, 6.07) is 4.98. The molecule has 1 aromatic rings. The maximum absolute atomic E-state index is 13.5. The summed E-state index contributed by atoms with van der Waals surface area (Å²) in [6.07, 6.45) is 2.82. The maximum atomic E-state index is 13.5. The molecular formula is C18H24FN3O2. The van der Waals surface area contributed by atoms with E-state index in [-0.39, 0.29) is 23.5 Å². The van der Waals surface area contributed by atoms with Crippen molar-refractivity contribution in [1.82, 2.24) is 10.2 Å². The van der Waals surface area contributed by atoms with Gasteiger partial charge in [0.2, 0.25) is 11.8 Å². The highest BCUT2D eigenvalue weighted by atomic mass is 19.1. The van der Waals surface area contributed by atoms with Crippen LogP contribution >= 0.6 is 0 Å². The first-order valence-corrected chi connectivity index (χ1v) is 8.50. The summed E-state index contributed by atoms with van der Waals surface area (Å²) >= 11 is 0. The molecule has 1 aromatic carbocycles. The van der Waals surface area contributed by atoms with Gasteiger partial charge >= 0.3 is 0 Å². The smallest absolute Gasteiger partial charge is 0.242 e. The van der Waals surface area contributed by atoms with Gasteiger partial charge in [0.1, 0.15) is 5.82 Å². The monoisotopic (exact) mass is 333 g/mol. The molecule has 2 aliphatic rings. The summed E-state index contributed by atoms with van der Waals surface area (Å²) in [4.78, 5) is 26.3. The highest BCUT2D eigenvalue weighted by molar-refractivity contribution is 5.89. The van der Waals surface area contributed by atoms with Gasteiger partial charge in [-0.1, -0.05) is 12.1 Å². The largest absolute Gasteiger partial charge is 0.352 e. The number of carbonyl (C=O) groups excluding carboxylic acids is 2. The summed E-state index contributed by atoms with van der Waals surface area (Å²) < 4.78 is 13.5. The van der Waals surface area contributed by atoms with Crippen LogP contribution in [0.1, 0.15) is 36.8 Å². The standard InChI is InChI=1S/C18H24FN3O2/c1-12-2-3-13(10-15(12)19)11-21-16(23)14-4-8-22(9-5-14)17(24)18(20)6-7-18/h2-3,10,14H,4-9,11,20H2,1H3,(H,21,23). The quantitative estimate of drug-likeness (QED) is 0.876. The third kappa shape index (κ3) is 3.59. The molecule has 1 aliphatic heterocycles. The predicted octanol–water partition coefficient (Wildman–Crippen LogP) is 1.48. The first-order chi connectivity index (χ1) is 11.4. The van der Waals surface area contributed by atoms with Crippen LogP contribution in [0, 0.1) is 18.7 Å². The van der Waals surface area contributed by atoms with Gasteiger partial charge in [0, 0.05) is 25.6 Å². The van der Waals surface area contributed by atoms with Crippen LogP contribution in [-0.4, -0.2) is 35.3 Å². The lowest BCUT2D eigenvalue weighted by Gasteiger charge is -2.33. The van der Waals surface area contributed by atoms with Gasteiger partial charge in [-0.3, -0.25) is 9.59 Å². The van der Waals surface area contributed by atoms with E-state index in [1.165, 1.54) is 6.07 Å². The van der Waals surface area contributed by atoms with Crippen LogP contribution in [-0.2, 0) is 16.1 Å². The fourth-order valence-electron chi connectivity index (χ4n) is 3.09. The number of piperidine rings is 1. The number of benzene rings is 1. The topological polar surface area (TPSA) is 75.4 Å². The normalized spacial score (nSPS) is 19.9. The summed E-state index contributed by atoms with van der Waals surface area (Å²) in [5.74, 6) is -0.366. The number of nitrogens with zero attached hydrogens (tertiary/aromatic N) is 1. The summed E-state index contributed by atoms with van der Waals surface area (Å²) in [6.45, 7) is 3.19. The molecule has 0 unspecified atom stereocenters. The van der Waals surface area contributed by atoms with Gasteiger partial charge in [-0.2, -0.15) is 0 Å². The number of hydrogen-bond donors (Lipinski definition) is 2. The summed E-state index contributed by atoms with van der Waals surface area (Å²) in [5.41, 5.74) is 6.66. The Morgan fingerprint density at radius 1 is 1.33 bits per heavy atom. The van der Waals surface area contributed by atoms with Crippen molar-refractivity contribution >= 4 is 11.8 Å². The number of hydrogen-bond acceptors (Lipinski definition) is 3. The SMILES string of the molecule is Cc1ccc(CNC(=O)C2CCN(C(=O)C3(N)CC3)CC2)cc1F. The van der Waals surface area contributed by atoms with E-state index in [1.54, 1.807) is 17.9 Å². The third-order valence-corrected chi connectivity index (χ3v) is 5.07. The average Bonchev–Trinajstić information content (AvgIpc) is 3.34. The molecule has 6 heteroatoms. The van der Waals surface area contributed by atoms with Crippen molar-refractivity contribution in [2.24, 2.45) is 11.7 Å². The van der Waals surface area contributed by atoms with Crippen molar-refractivity contribution in [2.75, 3.05) is 13.1 Å². The number of aryl methyl sites for hydroxylation is 1. The van der Waals surface area contributed by atoms with Crippen LogP contribution < -0.4 is 11.1 Å². The van der Waals surface area contributed by atoms with Gasteiger partial charge in [-0.25, -0.2) is 4.39 Å². The van der Waals surface area contributed by atoms with E-state index in [9.17, 15) is 14.0 Å². The van der Waals surface area contributed by atoms with E-state index in [2.05, 4.69) is 5.32 Å². The fraction of sp³-hybridized carbons (Fsp3) is 0.556. The van der Waals surface area contributed by atoms with Crippen LogP contribution in [0.3, 0.4) is 0 Å². The number of amides is 2. The van der Waals surface area contributed by atoms with Crippen molar-refractivity contribution in [1.29, 1.82) is 0 Å².